The van der Waals surface area contributed by atoms with Gasteiger partial charge in [0.05, 0.1) is 0 Å². The lowest BCUT2D eigenvalue weighted by Gasteiger charge is -1.90. The third-order valence-corrected chi connectivity index (χ3v) is 0.697. The second-order valence-electron chi connectivity index (χ2n) is 1.51. The van der Waals surface area contributed by atoms with Crippen LogP contribution in [0.2, 0.25) is 0 Å². The van der Waals surface area contributed by atoms with E-state index in [4.69, 9.17) is 0 Å². The topological polar surface area (TPSA) is 0 Å². The van der Waals surface area contributed by atoms with Crippen molar-refractivity contribution < 1.29 is 0 Å². The van der Waals surface area contributed by atoms with Gasteiger partial charge in [0.25, 0.3) is 0 Å². The maximum Gasteiger partial charge on any atom is -0.0445 e. The van der Waals surface area contributed by atoms with Gasteiger partial charge in [-0.2, -0.15) is 0 Å². The molecule has 0 fully saturated rings. The van der Waals surface area contributed by atoms with Crippen molar-refractivity contribution >= 4 is 0 Å². The van der Waals surface area contributed by atoms with E-state index >= 15 is 0 Å². The normalized spacial score (nSPS) is 9.60. The van der Waals surface area contributed by atoms with Crippen LogP contribution in [-0.4, -0.2) is 0 Å². The van der Waals surface area contributed by atoms with Crippen molar-refractivity contribution in [3.63, 3.8) is 0 Å². The van der Waals surface area contributed by atoms with E-state index in [0.717, 1.165) is 0 Å². The van der Waals surface area contributed by atoms with Crippen molar-refractivity contribution in [3.8, 4) is 0 Å². The molecular weight excluding hydrogens is 60.1 g/mol. The van der Waals surface area contributed by atoms with Crippen molar-refractivity contribution in [2.75, 3.05) is 0 Å². The molecule has 0 heterocycles. The number of rotatable bonds is 1. The second kappa shape index (κ2) is 2.25. The molecule has 0 N–H and O–H groups in total. The molecular formula is C5H11. The smallest absolute Gasteiger partial charge is 0.0445 e. The zero-order chi connectivity index (χ0) is 4.28. The highest BCUT2D eigenvalue weighted by molar-refractivity contribution is 4.46. The average Bonchev–Trinajstić information content (AvgIpc) is 1.38. The largest absolute Gasteiger partial charge is 0.0651 e. The molecule has 1 atom stereocenters. The second-order valence-corrected chi connectivity index (χ2v) is 1.51. The van der Waals surface area contributed by atoms with Gasteiger partial charge in [0.15, 0.2) is 0 Å². The molecule has 0 unspecified atom stereocenters. The maximum atomic E-state index is 3.76. The fourth-order valence-corrected chi connectivity index (χ4v) is 0. The molecule has 0 heteroatoms. The summed E-state index contributed by atoms with van der Waals surface area (Å²) in [6, 6.07) is 0. The van der Waals surface area contributed by atoms with E-state index in [2.05, 4.69) is 20.8 Å². The van der Waals surface area contributed by atoms with Crippen LogP contribution in [-0.2, 0) is 0 Å². The highest BCUT2D eigenvalue weighted by atomic mass is 13.9. The van der Waals surface area contributed by atoms with Crippen molar-refractivity contribution in [3.05, 3.63) is 6.92 Å². The summed E-state index contributed by atoms with van der Waals surface area (Å²) in [4.78, 5) is 0. The molecule has 0 nitrogen and oxygen atoms in total. The summed E-state index contributed by atoms with van der Waals surface area (Å²) >= 11 is 0. The van der Waals surface area contributed by atoms with Crippen LogP contribution in [0.3, 0.4) is 0 Å². The Bertz CT molecular complexity index is 14.0. The van der Waals surface area contributed by atoms with E-state index in [9.17, 15) is 0 Å². The molecule has 0 aromatic heterocycles. The number of hydrogen-bond donors (Lipinski definition) is 0. The van der Waals surface area contributed by atoms with E-state index in [1.54, 1.807) is 0 Å². The minimum Gasteiger partial charge on any atom is -0.0651 e. The van der Waals surface area contributed by atoms with E-state index in [1.165, 1.54) is 6.42 Å². The first kappa shape index (κ1) is 5.00. The van der Waals surface area contributed by atoms with Crippen LogP contribution in [0.4, 0.5) is 0 Å². The highest BCUT2D eigenvalue weighted by Crippen LogP contribution is 1.93. The Morgan fingerprint density at radius 3 is 2.00 bits per heavy atom. The van der Waals surface area contributed by atoms with Crippen LogP contribution in [0.15, 0.2) is 0 Å². The van der Waals surface area contributed by atoms with Crippen LogP contribution >= 0.6 is 0 Å². The molecule has 0 aliphatic carbocycles. The quantitative estimate of drug-likeness (QED) is 0.442. The summed E-state index contributed by atoms with van der Waals surface area (Å²) in [5.41, 5.74) is 0. The predicted molar refractivity (Wildman–Crippen MR) is 24.8 cm³/mol. The van der Waals surface area contributed by atoms with Gasteiger partial charge in [-0.25, -0.2) is 0 Å². The van der Waals surface area contributed by atoms with E-state index in [1.807, 2.05) is 0 Å². The van der Waals surface area contributed by atoms with E-state index in [0.29, 0.717) is 5.92 Å². The first-order valence-electron chi connectivity index (χ1n) is 2.10. The fourth-order valence-electron chi connectivity index (χ4n) is 0. The molecule has 5 heavy (non-hydrogen) atoms. The molecule has 1 radical (unpaired) electrons. The summed E-state index contributed by atoms with van der Waals surface area (Å²) in [6.07, 6.45) is 1.19. The maximum absolute atomic E-state index is 3.76. The first-order valence-corrected chi connectivity index (χ1v) is 2.10. The molecule has 0 aromatic carbocycles. The van der Waals surface area contributed by atoms with Gasteiger partial charge in [-0.3, -0.25) is 0 Å². The third kappa shape index (κ3) is 4.00. The Morgan fingerprint density at radius 1 is 1.80 bits per heavy atom. The van der Waals surface area contributed by atoms with Gasteiger partial charge < -0.3 is 0 Å². The molecule has 0 amide bonds. The lowest BCUT2D eigenvalue weighted by molar-refractivity contribution is 0.694. The highest BCUT2D eigenvalue weighted by Gasteiger charge is 1.80. The SMILES string of the molecule is [CH2][C@H](C)CC. The molecule has 0 saturated carbocycles. The molecule has 31 valence electrons. The lowest BCUT2D eigenvalue weighted by Crippen LogP contribution is -1.77. The minimum absolute atomic E-state index is 0.634. The van der Waals surface area contributed by atoms with Crippen molar-refractivity contribution in [1.29, 1.82) is 0 Å². The van der Waals surface area contributed by atoms with Crippen LogP contribution in [0.5, 0.6) is 0 Å². The number of hydrogen-bond acceptors (Lipinski definition) is 0. The zero-order valence-electron chi connectivity index (χ0n) is 3.99. The Morgan fingerprint density at radius 2 is 2.00 bits per heavy atom. The fraction of sp³-hybridized carbons (Fsp3) is 0.800. The average molecular weight is 71.1 g/mol. The Hall–Kier alpha value is 0. The van der Waals surface area contributed by atoms with Crippen LogP contribution < -0.4 is 0 Å². The van der Waals surface area contributed by atoms with Crippen LogP contribution in [0.1, 0.15) is 20.3 Å². The monoisotopic (exact) mass is 71.1 g/mol. The van der Waals surface area contributed by atoms with E-state index < -0.39 is 0 Å². The van der Waals surface area contributed by atoms with Gasteiger partial charge in [0.2, 0.25) is 0 Å². The van der Waals surface area contributed by atoms with Crippen LogP contribution in [0, 0.1) is 12.8 Å². The first-order chi connectivity index (χ1) is 2.27. The van der Waals surface area contributed by atoms with Gasteiger partial charge in [-0.05, 0) is 5.92 Å². The standard InChI is InChI=1S/C5H11/c1-4-5(2)3/h5H,2,4H2,1,3H3/t5-/m1/s1. The summed E-state index contributed by atoms with van der Waals surface area (Å²) in [7, 11) is 0. The zero-order valence-corrected chi connectivity index (χ0v) is 3.99. The third-order valence-electron chi connectivity index (χ3n) is 0.697. The van der Waals surface area contributed by atoms with Crippen molar-refractivity contribution in [1.82, 2.24) is 0 Å². The summed E-state index contributed by atoms with van der Waals surface area (Å²) < 4.78 is 0. The van der Waals surface area contributed by atoms with Crippen molar-refractivity contribution in [2.45, 2.75) is 20.3 Å². The molecule has 0 bridgehead atoms. The summed E-state index contributed by atoms with van der Waals surface area (Å²) in [6.45, 7) is 8.00. The minimum atomic E-state index is 0.634. The molecule has 0 saturated heterocycles. The molecule has 0 spiro atoms. The van der Waals surface area contributed by atoms with Gasteiger partial charge in [-0.1, -0.05) is 27.2 Å². The summed E-state index contributed by atoms with van der Waals surface area (Å²) in [5, 5.41) is 0. The molecule has 0 rings (SSSR count). The van der Waals surface area contributed by atoms with E-state index in [-0.39, 0.29) is 0 Å². The Kier molecular flexibility index (Phi) is 2.25. The van der Waals surface area contributed by atoms with Gasteiger partial charge in [0.1, 0.15) is 0 Å². The van der Waals surface area contributed by atoms with Gasteiger partial charge >= 0.3 is 0 Å². The Labute approximate surface area is 34.2 Å². The van der Waals surface area contributed by atoms with Gasteiger partial charge in [0, 0.05) is 0 Å². The van der Waals surface area contributed by atoms with Crippen molar-refractivity contribution in [2.24, 2.45) is 5.92 Å². The lowest BCUT2D eigenvalue weighted by atomic mass is 10.2. The summed E-state index contributed by atoms with van der Waals surface area (Å²) in [5.74, 6) is 0.634. The molecule has 0 aliphatic rings. The predicted octanol–water partition coefficient (Wildman–Crippen LogP) is 1.87. The van der Waals surface area contributed by atoms with Gasteiger partial charge in [-0.15, -0.1) is 0 Å². The Balaban J connectivity index is 2.54. The van der Waals surface area contributed by atoms with Crippen LogP contribution in [0.25, 0.3) is 0 Å². The molecule has 0 aliphatic heterocycles. The molecule has 0 aromatic rings.